The van der Waals surface area contributed by atoms with Crippen molar-refractivity contribution in [1.29, 1.82) is 0 Å². The number of benzene rings is 1. The third kappa shape index (κ3) is 4.43. The van der Waals surface area contributed by atoms with Gasteiger partial charge in [-0.05, 0) is 42.9 Å². The van der Waals surface area contributed by atoms with Crippen LogP contribution in [0.15, 0.2) is 24.3 Å². The maximum atomic E-state index is 12.6. The normalized spacial score (nSPS) is 21.5. The molecule has 148 valence electrons. The summed E-state index contributed by atoms with van der Waals surface area (Å²) in [5.41, 5.74) is 1.18. The third-order valence-corrected chi connectivity index (χ3v) is 6.09. The zero-order valence-electron chi connectivity index (χ0n) is 16.6. The van der Waals surface area contributed by atoms with Crippen molar-refractivity contribution in [1.82, 2.24) is 9.80 Å². The Hall–Kier alpha value is -2.08. The van der Waals surface area contributed by atoms with Crippen molar-refractivity contribution in [2.24, 2.45) is 11.3 Å². The molecule has 3 rings (SSSR count). The highest BCUT2D eigenvalue weighted by molar-refractivity contribution is 5.78. The van der Waals surface area contributed by atoms with Gasteiger partial charge in [0.05, 0.1) is 6.61 Å². The van der Waals surface area contributed by atoms with Gasteiger partial charge in [0.15, 0.2) is 6.61 Å². The molecule has 1 atom stereocenters. The molecule has 0 bridgehead atoms. The van der Waals surface area contributed by atoms with Crippen molar-refractivity contribution in [3.05, 3.63) is 29.8 Å². The number of hydrogen-bond donors (Lipinski definition) is 0. The van der Waals surface area contributed by atoms with Gasteiger partial charge in [-0.1, -0.05) is 12.1 Å². The monoisotopic (exact) mass is 374 g/mol. The third-order valence-electron chi connectivity index (χ3n) is 6.09. The number of aryl methyl sites for hydroxylation is 1. The van der Waals surface area contributed by atoms with Crippen LogP contribution in [0.25, 0.3) is 0 Å². The van der Waals surface area contributed by atoms with Crippen LogP contribution in [0.5, 0.6) is 5.75 Å². The second kappa shape index (κ2) is 8.30. The summed E-state index contributed by atoms with van der Waals surface area (Å²) in [6.45, 7) is 7.31. The van der Waals surface area contributed by atoms with Gasteiger partial charge in [0.1, 0.15) is 5.75 Å². The van der Waals surface area contributed by atoms with E-state index in [2.05, 4.69) is 0 Å². The number of amides is 2. The molecule has 2 fully saturated rings. The number of piperidine rings is 1. The summed E-state index contributed by atoms with van der Waals surface area (Å²) in [5, 5.41) is 0. The van der Waals surface area contributed by atoms with E-state index in [1.54, 1.807) is 14.0 Å². The minimum absolute atomic E-state index is 0.0241. The fraction of sp³-hybridized carbons (Fsp3) is 0.619. The standard InChI is InChI=1S/C21H30N2O4/c1-16-5-4-6-19(11-16)27-14-20(25)22-9-7-21(8-10-22)15-23(17(2)24)12-18(21)13-26-3/h4-6,11,18H,7-10,12-15H2,1-3H3. The maximum Gasteiger partial charge on any atom is 0.260 e. The summed E-state index contributed by atoms with van der Waals surface area (Å²) in [6, 6.07) is 7.73. The van der Waals surface area contributed by atoms with Gasteiger partial charge in [-0.15, -0.1) is 0 Å². The fourth-order valence-electron chi connectivity index (χ4n) is 4.41. The zero-order valence-corrected chi connectivity index (χ0v) is 16.6. The van der Waals surface area contributed by atoms with Gasteiger partial charge >= 0.3 is 0 Å². The fourth-order valence-corrected chi connectivity index (χ4v) is 4.41. The van der Waals surface area contributed by atoms with Crippen LogP contribution in [0, 0.1) is 18.3 Å². The number of ether oxygens (including phenoxy) is 2. The van der Waals surface area contributed by atoms with Crippen LogP contribution < -0.4 is 4.74 Å². The Balaban J connectivity index is 1.55. The predicted octanol–water partition coefficient (Wildman–Crippen LogP) is 2.11. The van der Waals surface area contributed by atoms with E-state index in [4.69, 9.17) is 9.47 Å². The van der Waals surface area contributed by atoms with Crippen molar-refractivity contribution in [3.8, 4) is 5.75 Å². The number of hydrogen-bond acceptors (Lipinski definition) is 4. The van der Waals surface area contributed by atoms with E-state index in [1.165, 1.54) is 0 Å². The Labute approximate surface area is 161 Å². The number of carbonyl (C=O) groups excluding carboxylic acids is 2. The van der Waals surface area contributed by atoms with Crippen LogP contribution in [0.3, 0.4) is 0 Å². The molecule has 0 saturated carbocycles. The first-order valence-electron chi connectivity index (χ1n) is 9.65. The molecular formula is C21H30N2O4. The van der Waals surface area contributed by atoms with Gasteiger partial charge in [-0.2, -0.15) is 0 Å². The number of rotatable bonds is 5. The Morgan fingerprint density at radius 2 is 1.96 bits per heavy atom. The zero-order chi connectivity index (χ0) is 19.4. The molecular weight excluding hydrogens is 344 g/mol. The molecule has 6 heteroatoms. The number of nitrogens with zero attached hydrogens (tertiary/aromatic N) is 2. The lowest BCUT2D eigenvalue weighted by atomic mass is 9.71. The number of methoxy groups -OCH3 is 1. The average Bonchev–Trinajstić information content (AvgIpc) is 2.99. The smallest absolute Gasteiger partial charge is 0.260 e. The van der Waals surface area contributed by atoms with E-state index in [1.807, 2.05) is 41.0 Å². The molecule has 2 aliphatic rings. The summed E-state index contributed by atoms with van der Waals surface area (Å²) >= 11 is 0. The summed E-state index contributed by atoms with van der Waals surface area (Å²) < 4.78 is 11.1. The van der Waals surface area contributed by atoms with Gasteiger partial charge in [0.25, 0.3) is 5.91 Å². The summed E-state index contributed by atoms with van der Waals surface area (Å²) in [7, 11) is 1.71. The number of likely N-dealkylation sites (tertiary alicyclic amines) is 2. The van der Waals surface area contributed by atoms with Crippen LogP contribution in [0.2, 0.25) is 0 Å². The predicted molar refractivity (Wildman–Crippen MR) is 103 cm³/mol. The lowest BCUT2D eigenvalue weighted by Crippen LogP contribution is -2.48. The summed E-state index contributed by atoms with van der Waals surface area (Å²) in [6.07, 6.45) is 1.81. The van der Waals surface area contributed by atoms with E-state index in [-0.39, 0.29) is 23.8 Å². The van der Waals surface area contributed by atoms with Crippen molar-refractivity contribution < 1.29 is 19.1 Å². The summed E-state index contributed by atoms with van der Waals surface area (Å²) in [5.74, 6) is 1.21. The van der Waals surface area contributed by atoms with E-state index in [9.17, 15) is 9.59 Å². The Bertz CT molecular complexity index is 683. The second-order valence-corrected chi connectivity index (χ2v) is 7.90. The first-order valence-corrected chi connectivity index (χ1v) is 9.65. The Morgan fingerprint density at radius 1 is 1.22 bits per heavy atom. The Kier molecular flexibility index (Phi) is 6.05. The SMILES string of the molecule is COCC1CN(C(C)=O)CC12CCN(C(=O)COc1cccc(C)c1)CC2. The largest absolute Gasteiger partial charge is 0.484 e. The van der Waals surface area contributed by atoms with Crippen molar-refractivity contribution in [3.63, 3.8) is 0 Å². The van der Waals surface area contributed by atoms with Crippen LogP contribution in [0.1, 0.15) is 25.3 Å². The minimum Gasteiger partial charge on any atom is -0.484 e. The van der Waals surface area contributed by atoms with E-state index < -0.39 is 0 Å². The maximum absolute atomic E-state index is 12.6. The highest BCUT2D eigenvalue weighted by Crippen LogP contribution is 2.44. The van der Waals surface area contributed by atoms with Gasteiger partial charge in [-0.3, -0.25) is 9.59 Å². The minimum atomic E-state index is 0.0241. The quantitative estimate of drug-likeness (QED) is 0.792. The average molecular weight is 374 g/mol. The molecule has 2 heterocycles. The molecule has 6 nitrogen and oxygen atoms in total. The van der Waals surface area contributed by atoms with Gasteiger partial charge < -0.3 is 19.3 Å². The molecule has 1 aromatic rings. The topological polar surface area (TPSA) is 59.1 Å². The molecule has 2 amide bonds. The van der Waals surface area contributed by atoms with Crippen LogP contribution in [0.4, 0.5) is 0 Å². The van der Waals surface area contributed by atoms with E-state index in [0.29, 0.717) is 25.6 Å². The van der Waals surface area contributed by atoms with Crippen molar-refractivity contribution in [2.45, 2.75) is 26.7 Å². The lowest BCUT2D eigenvalue weighted by molar-refractivity contribution is -0.136. The number of carbonyl (C=O) groups is 2. The molecule has 1 spiro atoms. The van der Waals surface area contributed by atoms with Gasteiger partial charge in [0, 0.05) is 46.1 Å². The van der Waals surface area contributed by atoms with Crippen molar-refractivity contribution >= 4 is 11.8 Å². The molecule has 27 heavy (non-hydrogen) atoms. The second-order valence-electron chi connectivity index (χ2n) is 7.90. The van der Waals surface area contributed by atoms with Gasteiger partial charge in [0.2, 0.25) is 5.91 Å². The van der Waals surface area contributed by atoms with Gasteiger partial charge in [-0.25, -0.2) is 0 Å². The van der Waals surface area contributed by atoms with Crippen molar-refractivity contribution in [2.75, 3.05) is 46.5 Å². The molecule has 0 radical (unpaired) electrons. The first-order chi connectivity index (χ1) is 12.9. The van der Waals surface area contributed by atoms with E-state index in [0.717, 1.165) is 37.2 Å². The molecule has 1 aromatic carbocycles. The molecule has 2 saturated heterocycles. The lowest BCUT2D eigenvalue weighted by Gasteiger charge is -2.42. The molecule has 1 unspecified atom stereocenters. The first kappa shape index (κ1) is 19.7. The van der Waals surface area contributed by atoms with Crippen LogP contribution >= 0.6 is 0 Å². The molecule has 0 aliphatic carbocycles. The molecule has 2 aliphatic heterocycles. The highest BCUT2D eigenvalue weighted by Gasteiger charge is 2.49. The van der Waals surface area contributed by atoms with Crippen LogP contribution in [-0.4, -0.2) is 68.1 Å². The molecule has 0 aromatic heterocycles. The molecule has 0 N–H and O–H groups in total. The highest BCUT2D eigenvalue weighted by atomic mass is 16.5. The van der Waals surface area contributed by atoms with E-state index >= 15 is 0 Å². The van der Waals surface area contributed by atoms with Crippen LogP contribution in [-0.2, 0) is 14.3 Å². The summed E-state index contributed by atoms with van der Waals surface area (Å²) in [4.78, 5) is 28.2. The Morgan fingerprint density at radius 3 is 2.59 bits per heavy atom.